The second kappa shape index (κ2) is 8.23. The monoisotopic (exact) mass is 383 g/mol. The first-order valence-electron chi connectivity index (χ1n) is 9.66. The molecule has 2 amide bonds. The highest BCUT2D eigenvalue weighted by molar-refractivity contribution is 7.08. The maximum absolute atomic E-state index is 13.0. The van der Waals surface area contributed by atoms with E-state index in [1.807, 2.05) is 22.4 Å². The Hall–Kier alpha value is -2.18. The molecule has 142 valence electrons. The second-order valence-corrected chi connectivity index (χ2v) is 8.21. The van der Waals surface area contributed by atoms with E-state index in [1.54, 1.807) is 23.6 Å². The highest BCUT2D eigenvalue weighted by Crippen LogP contribution is 2.28. The van der Waals surface area contributed by atoms with E-state index in [0.717, 1.165) is 38.4 Å². The number of thiophene rings is 1. The summed E-state index contributed by atoms with van der Waals surface area (Å²) in [7, 11) is 0. The van der Waals surface area contributed by atoms with Crippen LogP contribution in [-0.4, -0.2) is 42.4 Å². The van der Waals surface area contributed by atoms with Gasteiger partial charge in [-0.2, -0.15) is 11.3 Å². The molecule has 0 unspecified atom stereocenters. The van der Waals surface area contributed by atoms with Crippen molar-refractivity contribution < 1.29 is 9.59 Å². The minimum atomic E-state index is -0.181. The van der Waals surface area contributed by atoms with E-state index in [2.05, 4.69) is 10.6 Å². The summed E-state index contributed by atoms with van der Waals surface area (Å²) in [5.74, 6) is 0.694. The molecule has 1 aliphatic carbocycles. The minimum Gasteiger partial charge on any atom is -0.338 e. The predicted octanol–water partition coefficient (Wildman–Crippen LogP) is 3.60. The smallest absolute Gasteiger partial charge is 0.256 e. The standard InChI is InChI=1S/C21H25N3O2S/c25-20(16-9-12-27-14-16)23-19-4-2-1-3-18(19)21(26)24-10-7-17(8-11-24)22-13-15-5-6-15/h1-4,9,12,14-15,17,22H,5-8,10-11,13H2,(H,23,25). The number of amides is 2. The lowest BCUT2D eigenvalue weighted by atomic mass is 10.0. The van der Waals surface area contributed by atoms with Crippen molar-refractivity contribution in [2.45, 2.75) is 31.7 Å². The Morgan fingerprint density at radius 1 is 1.07 bits per heavy atom. The van der Waals surface area contributed by atoms with Gasteiger partial charge in [-0.05, 0) is 61.7 Å². The van der Waals surface area contributed by atoms with Crippen molar-refractivity contribution >= 4 is 28.8 Å². The quantitative estimate of drug-likeness (QED) is 0.801. The molecule has 1 aromatic carbocycles. The Kier molecular flexibility index (Phi) is 5.55. The number of anilines is 1. The number of piperidine rings is 1. The summed E-state index contributed by atoms with van der Waals surface area (Å²) in [5, 5.41) is 10.2. The van der Waals surface area contributed by atoms with Crippen LogP contribution in [0.15, 0.2) is 41.1 Å². The second-order valence-electron chi connectivity index (χ2n) is 7.43. The maximum Gasteiger partial charge on any atom is 0.256 e. The van der Waals surface area contributed by atoms with Crippen molar-refractivity contribution in [1.82, 2.24) is 10.2 Å². The number of rotatable bonds is 6. The summed E-state index contributed by atoms with van der Waals surface area (Å²) in [5.41, 5.74) is 1.75. The molecule has 2 aromatic rings. The maximum atomic E-state index is 13.0. The lowest BCUT2D eigenvalue weighted by Gasteiger charge is -2.33. The van der Waals surface area contributed by atoms with Gasteiger partial charge < -0.3 is 15.5 Å². The van der Waals surface area contributed by atoms with E-state index in [1.165, 1.54) is 24.2 Å². The molecule has 5 nitrogen and oxygen atoms in total. The number of nitrogens with zero attached hydrogens (tertiary/aromatic N) is 1. The van der Waals surface area contributed by atoms with Crippen molar-refractivity contribution in [3.8, 4) is 0 Å². The van der Waals surface area contributed by atoms with Crippen molar-refractivity contribution in [1.29, 1.82) is 0 Å². The van der Waals surface area contributed by atoms with E-state index in [9.17, 15) is 9.59 Å². The third-order valence-electron chi connectivity index (χ3n) is 5.36. The number of likely N-dealkylation sites (tertiary alicyclic amines) is 1. The molecule has 4 rings (SSSR count). The minimum absolute atomic E-state index is 0.00291. The molecule has 0 spiro atoms. The highest BCUT2D eigenvalue weighted by Gasteiger charge is 2.27. The Labute approximate surface area is 163 Å². The van der Waals surface area contributed by atoms with Gasteiger partial charge in [-0.15, -0.1) is 0 Å². The van der Waals surface area contributed by atoms with Crippen LogP contribution in [0.4, 0.5) is 5.69 Å². The lowest BCUT2D eigenvalue weighted by molar-refractivity contribution is 0.0706. The van der Waals surface area contributed by atoms with Crippen molar-refractivity contribution in [2.75, 3.05) is 25.0 Å². The lowest BCUT2D eigenvalue weighted by Crippen LogP contribution is -2.45. The SMILES string of the molecule is O=C(Nc1ccccc1C(=O)N1CCC(NCC2CC2)CC1)c1ccsc1. The molecule has 1 aliphatic heterocycles. The van der Waals surface area contributed by atoms with Gasteiger partial charge in [-0.3, -0.25) is 9.59 Å². The largest absolute Gasteiger partial charge is 0.338 e. The summed E-state index contributed by atoms with van der Waals surface area (Å²) >= 11 is 1.48. The van der Waals surface area contributed by atoms with E-state index in [-0.39, 0.29) is 11.8 Å². The molecule has 2 fully saturated rings. The summed E-state index contributed by atoms with van der Waals surface area (Å²) < 4.78 is 0. The van der Waals surface area contributed by atoms with Crippen LogP contribution in [0, 0.1) is 5.92 Å². The summed E-state index contributed by atoms with van der Waals surface area (Å²) in [6, 6.07) is 9.57. The molecule has 0 bridgehead atoms. The topological polar surface area (TPSA) is 61.4 Å². The third-order valence-corrected chi connectivity index (χ3v) is 6.05. The Balaban J connectivity index is 1.38. The Morgan fingerprint density at radius 2 is 1.85 bits per heavy atom. The van der Waals surface area contributed by atoms with Crippen molar-refractivity contribution in [2.24, 2.45) is 5.92 Å². The normalized spacial score (nSPS) is 17.7. The average Bonchev–Trinajstić information content (AvgIpc) is 3.37. The number of carbonyl (C=O) groups excluding carboxylic acids is 2. The number of carbonyl (C=O) groups is 2. The summed E-state index contributed by atoms with van der Waals surface area (Å²) in [4.78, 5) is 27.3. The molecule has 1 aromatic heterocycles. The molecule has 27 heavy (non-hydrogen) atoms. The van der Waals surface area contributed by atoms with Crippen LogP contribution in [0.3, 0.4) is 0 Å². The Morgan fingerprint density at radius 3 is 2.56 bits per heavy atom. The van der Waals surface area contributed by atoms with Crippen molar-refractivity contribution in [3.05, 3.63) is 52.2 Å². The van der Waals surface area contributed by atoms with E-state index in [4.69, 9.17) is 0 Å². The molecule has 2 aliphatic rings. The average molecular weight is 384 g/mol. The van der Waals surface area contributed by atoms with Crippen LogP contribution in [0.5, 0.6) is 0 Å². The van der Waals surface area contributed by atoms with Crippen LogP contribution in [0.25, 0.3) is 0 Å². The first-order valence-corrected chi connectivity index (χ1v) is 10.6. The van der Waals surface area contributed by atoms with Gasteiger partial charge in [-0.1, -0.05) is 12.1 Å². The molecule has 1 saturated carbocycles. The van der Waals surface area contributed by atoms with Gasteiger partial charge in [0, 0.05) is 24.5 Å². The van der Waals surface area contributed by atoms with Crippen LogP contribution in [-0.2, 0) is 0 Å². The fraction of sp³-hybridized carbons (Fsp3) is 0.429. The van der Waals surface area contributed by atoms with Crippen molar-refractivity contribution in [3.63, 3.8) is 0 Å². The molecule has 0 radical (unpaired) electrons. The number of hydrogen-bond donors (Lipinski definition) is 2. The van der Waals surface area contributed by atoms with E-state index in [0.29, 0.717) is 22.9 Å². The van der Waals surface area contributed by atoms with Gasteiger partial charge in [0.2, 0.25) is 0 Å². The zero-order valence-electron chi connectivity index (χ0n) is 15.3. The zero-order valence-corrected chi connectivity index (χ0v) is 16.1. The van der Waals surface area contributed by atoms with E-state index < -0.39 is 0 Å². The number of benzene rings is 1. The number of para-hydroxylation sites is 1. The fourth-order valence-electron chi connectivity index (χ4n) is 3.48. The van der Waals surface area contributed by atoms with Crippen LogP contribution >= 0.6 is 11.3 Å². The summed E-state index contributed by atoms with van der Waals surface area (Å²) in [6.07, 6.45) is 4.69. The van der Waals surface area contributed by atoms with Crippen LogP contribution in [0.2, 0.25) is 0 Å². The molecule has 2 N–H and O–H groups in total. The predicted molar refractivity (Wildman–Crippen MR) is 108 cm³/mol. The highest BCUT2D eigenvalue weighted by atomic mass is 32.1. The fourth-order valence-corrected chi connectivity index (χ4v) is 4.12. The summed E-state index contributed by atoms with van der Waals surface area (Å²) in [6.45, 7) is 2.64. The molecule has 6 heteroatoms. The van der Waals surface area contributed by atoms with Gasteiger partial charge in [0.05, 0.1) is 16.8 Å². The third kappa shape index (κ3) is 4.57. The van der Waals surface area contributed by atoms with Gasteiger partial charge >= 0.3 is 0 Å². The molecule has 2 heterocycles. The van der Waals surface area contributed by atoms with Crippen LogP contribution < -0.4 is 10.6 Å². The van der Waals surface area contributed by atoms with Gasteiger partial charge in [-0.25, -0.2) is 0 Å². The van der Waals surface area contributed by atoms with Gasteiger partial charge in [0.1, 0.15) is 0 Å². The molecule has 0 atom stereocenters. The van der Waals surface area contributed by atoms with Gasteiger partial charge in [0.15, 0.2) is 0 Å². The number of hydrogen-bond acceptors (Lipinski definition) is 4. The van der Waals surface area contributed by atoms with E-state index >= 15 is 0 Å². The number of nitrogens with one attached hydrogen (secondary N) is 2. The molecular weight excluding hydrogens is 358 g/mol. The zero-order chi connectivity index (χ0) is 18.6. The van der Waals surface area contributed by atoms with Gasteiger partial charge in [0.25, 0.3) is 11.8 Å². The van der Waals surface area contributed by atoms with Crippen LogP contribution in [0.1, 0.15) is 46.4 Å². The molecule has 1 saturated heterocycles. The molecular formula is C21H25N3O2S. The Bertz CT molecular complexity index is 794. The first-order chi connectivity index (χ1) is 13.2. The first kappa shape index (κ1) is 18.2.